The van der Waals surface area contributed by atoms with Gasteiger partial charge in [-0.2, -0.15) is 0 Å². The molecule has 1 atom stereocenters. The van der Waals surface area contributed by atoms with Crippen LogP contribution in [-0.4, -0.2) is 25.4 Å². The molecule has 1 amide bonds. The molecule has 0 spiro atoms. The first kappa shape index (κ1) is 20.5. The predicted molar refractivity (Wildman–Crippen MR) is 121 cm³/mol. The van der Waals surface area contributed by atoms with E-state index in [2.05, 4.69) is 20.3 Å². The van der Waals surface area contributed by atoms with E-state index in [4.69, 9.17) is 0 Å². The number of para-hydroxylation sites is 1. The van der Waals surface area contributed by atoms with Crippen LogP contribution in [-0.2, 0) is 7.05 Å². The Bertz CT molecular complexity index is 1300. The summed E-state index contributed by atoms with van der Waals surface area (Å²) in [6, 6.07) is 14.3. The van der Waals surface area contributed by atoms with Crippen molar-refractivity contribution in [2.75, 3.05) is 0 Å². The average molecular weight is 415 g/mol. The van der Waals surface area contributed by atoms with Crippen LogP contribution >= 0.6 is 0 Å². The summed E-state index contributed by atoms with van der Waals surface area (Å²) in [5.74, 6) is 0.212. The van der Waals surface area contributed by atoms with Crippen molar-refractivity contribution in [1.29, 1.82) is 0 Å². The maximum Gasteiger partial charge on any atom is 0.254 e. The molecular weight excluding hydrogens is 390 g/mol. The third kappa shape index (κ3) is 3.86. The van der Waals surface area contributed by atoms with E-state index in [1.54, 1.807) is 18.3 Å². The molecular formula is C24H25N5O2. The highest BCUT2D eigenvalue weighted by molar-refractivity contribution is 6.08. The van der Waals surface area contributed by atoms with Crippen LogP contribution in [0.25, 0.3) is 22.4 Å². The number of pyridine rings is 1. The van der Waals surface area contributed by atoms with E-state index in [1.165, 1.54) is 6.07 Å². The number of hydrogen-bond donors (Lipinski definition) is 2. The van der Waals surface area contributed by atoms with Gasteiger partial charge in [0.05, 0.1) is 17.3 Å². The van der Waals surface area contributed by atoms with E-state index in [0.717, 1.165) is 16.6 Å². The Balaban J connectivity index is 1.74. The number of fused-ring (bicyclic) bond motifs is 1. The molecule has 31 heavy (non-hydrogen) atoms. The first-order valence-corrected chi connectivity index (χ1v) is 10.2. The van der Waals surface area contributed by atoms with Gasteiger partial charge in [-0.25, -0.2) is 4.98 Å². The van der Waals surface area contributed by atoms with Gasteiger partial charge in [0, 0.05) is 35.9 Å². The Morgan fingerprint density at radius 3 is 2.58 bits per heavy atom. The first-order valence-electron chi connectivity index (χ1n) is 10.2. The van der Waals surface area contributed by atoms with Crippen LogP contribution in [0.1, 0.15) is 41.6 Å². The van der Waals surface area contributed by atoms with Crippen LogP contribution in [0.4, 0.5) is 0 Å². The maximum atomic E-state index is 13.4. The Labute approximate surface area is 180 Å². The number of carbonyl (C=O) groups excluding carboxylic acids is 1. The van der Waals surface area contributed by atoms with Crippen LogP contribution in [0.15, 0.2) is 59.5 Å². The molecule has 7 nitrogen and oxygen atoms in total. The molecule has 7 heteroatoms. The summed E-state index contributed by atoms with van der Waals surface area (Å²) in [5, 5.41) is 4.01. The molecule has 158 valence electrons. The standard InChI is InChI=1S/C24H25N5O2/c1-14(2)22(18-13-20(30)27-23(26-18)17-10-7-8-12-25-17)28-24(31)21-15(3)29(4)19-11-6-5-9-16(19)21/h5-14,22H,1-4H3,(H,28,31)(H,26,27,30)/t22-/m0/s1. The van der Waals surface area contributed by atoms with Gasteiger partial charge in [0.2, 0.25) is 0 Å². The first-order chi connectivity index (χ1) is 14.9. The topological polar surface area (TPSA) is 92.7 Å². The van der Waals surface area contributed by atoms with E-state index < -0.39 is 6.04 Å². The maximum absolute atomic E-state index is 13.4. The molecule has 3 aromatic heterocycles. The Hall–Kier alpha value is -3.74. The van der Waals surface area contributed by atoms with E-state index in [9.17, 15) is 9.59 Å². The molecule has 1 aromatic carbocycles. The molecule has 0 aliphatic carbocycles. The fourth-order valence-corrected chi connectivity index (χ4v) is 3.86. The second-order valence-electron chi connectivity index (χ2n) is 7.97. The molecule has 2 N–H and O–H groups in total. The molecule has 4 aromatic rings. The lowest BCUT2D eigenvalue weighted by Crippen LogP contribution is -2.33. The van der Waals surface area contributed by atoms with Crippen LogP contribution < -0.4 is 10.9 Å². The van der Waals surface area contributed by atoms with Crippen molar-refractivity contribution in [1.82, 2.24) is 24.8 Å². The molecule has 4 rings (SSSR count). The van der Waals surface area contributed by atoms with Crippen LogP contribution in [0.5, 0.6) is 0 Å². The molecule has 0 saturated carbocycles. The van der Waals surface area contributed by atoms with Gasteiger partial charge in [0.1, 0.15) is 5.69 Å². The number of aryl methyl sites for hydroxylation is 1. The number of amides is 1. The van der Waals surface area contributed by atoms with Gasteiger partial charge >= 0.3 is 0 Å². The normalized spacial score (nSPS) is 12.3. The lowest BCUT2D eigenvalue weighted by molar-refractivity contribution is 0.0925. The number of rotatable bonds is 5. The minimum atomic E-state index is -0.435. The third-order valence-electron chi connectivity index (χ3n) is 5.57. The van der Waals surface area contributed by atoms with Gasteiger partial charge in [0.25, 0.3) is 11.5 Å². The second-order valence-corrected chi connectivity index (χ2v) is 7.97. The summed E-state index contributed by atoms with van der Waals surface area (Å²) in [7, 11) is 1.95. The zero-order valence-corrected chi connectivity index (χ0v) is 18.0. The molecule has 0 aliphatic rings. The summed E-state index contributed by atoms with van der Waals surface area (Å²) >= 11 is 0. The number of H-pyrrole nitrogens is 1. The number of benzene rings is 1. The summed E-state index contributed by atoms with van der Waals surface area (Å²) in [6.45, 7) is 5.92. The molecule has 3 heterocycles. The quantitative estimate of drug-likeness (QED) is 0.519. The van der Waals surface area contributed by atoms with Crippen molar-refractivity contribution in [3.05, 3.63) is 82.0 Å². The largest absolute Gasteiger partial charge is 0.347 e. The van der Waals surface area contributed by atoms with Crippen LogP contribution in [0, 0.1) is 12.8 Å². The lowest BCUT2D eigenvalue weighted by atomic mass is 9.99. The van der Waals surface area contributed by atoms with Gasteiger partial charge in [0.15, 0.2) is 5.82 Å². The van der Waals surface area contributed by atoms with Crippen LogP contribution in [0.2, 0.25) is 0 Å². The van der Waals surface area contributed by atoms with E-state index in [-0.39, 0.29) is 17.4 Å². The number of aromatic amines is 1. The molecule has 0 fully saturated rings. The summed E-state index contributed by atoms with van der Waals surface area (Å²) < 4.78 is 2.01. The van der Waals surface area contributed by atoms with Gasteiger partial charge < -0.3 is 14.9 Å². The minimum Gasteiger partial charge on any atom is -0.347 e. The van der Waals surface area contributed by atoms with E-state index in [1.807, 2.05) is 62.7 Å². The highest BCUT2D eigenvalue weighted by Gasteiger charge is 2.25. The summed E-state index contributed by atoms with van der Waals surface area (Å²) in [4.78, 5) is 37.4. The SMILES string of the molecule is Cc1c(C(=O)N[C@H](c2cc(=O)[nH]c(-c3ccccn3)n2)C(C)C)c2ccccc2n1C. The molecule has 0 saturated heterocycles. The van der Waals surface area contributed by atoms with Gasteiger partial charge in [-0.1, -0.05) is 38.1 Å². The highest BCUT2D eigenvalue weighted by Crippen LogP contribution is 2.27. The van der Waals surface area contributed by atoms with Gasteiger partial charge in [-0.05, 0) is 31.0 Å². The molecule has 0 bridgehead atoms. The van der Waals surface area contributed by atoms with Crippen molar-refractivity contribution < 1.29 is 4.79 Å². The zero-order chi connectivity index (χ0) is 22.1. The van der Waals surface area contributed by atoms with Gasteiger partial charge in [-0.15, -0.1) is 0 Å². The smallest absolute Gasteiger partial charge is 0.254 e. The monoisotopic (exact) mass is 415 g/mol. The van der Waals surface area contributed by atoms with E-state index in [0.29, 0.717) is 22.8 Å². The number of aromatic nitrogens is 4. The van der Waals surface area contributed by atoms with Crippen molar-refractivity contribution in [2.45, 2.75) is 26.8 Å². The summed E-state index contributed by atoms with van der Waals surface area (Å²) in [5.41, 5.74) is 3.31. The highest BCUT2D eigenvalue weighted by atomic mass is 16.1. The number of nitrogens with zero attached hydrogens (tertiary/aromatic N) is 3. The summed E-state index contributed by atoms with van der Waals surface area (Å²) in [6.07, 6.45) is 1.65. The minimum absolute atomic E-state index is 0.0186. The zero-order valence-electron chi connectivity index (χ0n) is 18.0. The third-order valence-corrected chi connectivity index (χ3v) is 5.57. The fourth-order valence-electron chi connectivity index (χ4n) is 3.86. The Kier molecular flexibility index (Phi) is 5.42. The number of hydrogen-bond acceptors (Lipinski definition) is 4. The number of carbonyl (C=O) groups is 1. The molecule has 0 unspecified atom stereocenters. The fraction of sp³-hybridized carbons (Fsp3) is 0.250. The Morgan fingerprint density at radius 1 is 1.13 bits per heavy atom. The van der Waals surface area contributed by atoms with Crippen molar-refractivity contribution in [3.63, 3.8) is 0 Å². The van der Waals surface area contributed by atoms with Gasteiger partial charge in [-0.3, -0.25) is 14.6 Å². The second kappa shape index (κ2) is 8.18. The lowest BCUT2D eigenvalue weighted by Gasteiger charge is -2.22. The van der Waals surface area contributed by atoms with E-state index >= 15 is 0 Å². The van der Waals surface area contributed by atoms with Crippen molar-refractivity contribution in [3.8, 4) is 11.5 Å². The molecule has 0 aliphatic heterocycles. The van der Waals surface area contributed by atoms with Crippen molar-refractivity contribution >= 4 is 16.8 Å². The van der Waals surface area contributed by atoms with Crippen LogP contribution in [0.3, 0.4) is 0 Å². The Morgan fingerprint density at radius 2 is 1.87 bits per heavy atom. The van der Waals surface area contributed by atoms with Crippen molar-refractivity contribution in [2.24, 2.45) is 13.0 Å². The predicted octanol–water partition coefficient (Wildman–Crippen LogP) is 3.76. The average Bonchev–Trinajstić information content (AvgIpc) is 3.02. The molecule has 0 radical (unpaired) electrons. The number of nitrogens with one attached hydrogen (secondary N) is 2.